The standard InChI is InChI=1S/C18H20N2O5/c1-11-8-15(23-2)16(24-3)9-14(11)20-18(22)12-4-6-13(7-5-12)25-10-17(19)21/h4-9H,10H2,1-3H3,(H2,19,21)(H,20,22). The molecule has 7 nitrogen and oxygen atoms in total. The van der Waals surface area contributed by atoms with Crippen LogP contribution in [0, 0.1) is 6.92 Å². The normalized spacial score (nSPS) is 10.0. The van der Waals surface area contributed by atoms with Gasteiger partial charge in [-0.05, 0) is 42.8 Å². The first-order chi connectivity index (χ1) is 11.9. The van der Waals surface area contributed by atoms with Crippen molar-refractivity contribution in [1.82, 2.24) is 0 Å². The minimum absolute atomic E-state index is 0.212. The van der Waals surface area contributed by atoms with Crippen molar-refractivity contribution in [2.24, 2.45) is 5.73 Å². The summed E-state index contributed by atoms with van der Waals surface area (Å²) in [4.78, 5) is 23.1. The number of hydrogen-bond acceptors (Lipinski definition) is 5. The van der Waals surface area contributed by atoms with Gasteiger partial charge in [0.2, 0.25) is 0 Å². The topological polar surface area (TPSA) is 99.9 Å². The first kappa shape index (κ1) is 18.1. The van der Waals surface area contributed by atoms with Crippen molar-refractivity contribution in [3.63, 3.8) is 0 Å². The number of ether oxygens (including phenoxy) is 3. The molecule has 0 fully saturated rings. The number of nitrogens with one attached hydrogen (secondary N) is 1. The van der Waals surface area contributed by atoms with Crippen molar-refractivity contribution in [3.05, 3.63) is 47.5 Å². The number of nitrogens with two attached hydrogens (primary N) is 1. The minimum Gasteiger partial charge on any atom is -0.493 e. The summed E-state index contributed by atoms with van der Waals surface area (Å²) in [5.41, 5.74) is 6.92. The summed E-state index contributed by atoms with van der Waals surface area (Å²) in [6.45, 7) is 1.65. The van der Waals surface area contributed by atoms with Crippen LogP contribution < -0.4 is 25.3 Å². The lowest BCUT2D eigenvalue weighted by Gasteiger charge is -2.14. The van der Waals surface area contributed by atoms with E-state index in [9.17, 15) is 9.59 Å². The van der Waals surface area contributed by atoms with Crippen LogP contribution in [0.2, 0.25) is 0 Å². The highest BCUT2D eigenvalue weighted by Crippen LogP contribution is 2.33. The number of methoxy groups -OCH3 is 2. The summed E-state index contributed by atoms with van der Waals surface area (Å²) in [7, 11) is 3.08. The fourth-order valence-electron chi connectivity index (χ4n) is 2.17. The van der Waals surface area contributed by atoms with Gasteiger partial charge >= 0.3 is 0 Å². The molecule has 0 aliphatic heterocycles. The molecule has 2 aromatic carbocycles. The molecule has 2 rings (SSSR count). The Morgan fingerprint density at radius 2 is 1.64 bits per heavy atom. The van der Waals surface area contributed by atoms with Gasteiger partial charge in [-0.15, -0.1) is 0 Å². The van der Waals surface area contributed by atoms with E-state index in [0.717, 1.165) is 5.56 Å². The fraction of sp³-hybridized carbons (Fsp3) is 0.222. The molecule has 0 atom stereocenters. The Morgan fingerprint density at radius 3 is 2.20 bits per heavy atom. The molecule has 0 aliphatic carbocycles. The lowest BCUT2D eigenvalue weighted by Crippen LogP contribution is -2.20. The number of carbonyl (C=O) groups excluding carboxylic acids is 2. The predicted octanol–water partition coefficient (Wildman–Crippen LogP) is 2.13. The monoisotopic (exact) mass is 344 g/mol. The second-order valence-corrected chi connectivity index (χ2v) is 5.26. The van der Waals surface area contributed by atoms with Gasteiger partial charge in [0, 0.05) is 17.3 Å². The van der Waals surface area contributed by atoms with E-state index in [1.165, 1.54) is 7.11 Å². The van der Waals surface area contributed by atoms with Gasteiger partial charge in [-0.2, -0.15) is 0 Å². The van der Waals surface area contributed by atoms with Crippen LogP contribution in [-0.4, -0.2) is 32.6 Å². The maximum Gasteiger partial charge on any atom is 0.255 e. The lowest BCUT2D eigenvalue weighted by atomic mass is 10.1. The van der Waals surface area contributed by atoms with E-state index in [4.69, 9.17) is 19.9 Å². The summed E-state index contributed by atoms with van der Waals surface area (Å²) in [5, 5.41) is 2.83. The Balaban J connectivity index is 2.12. The van der Waals surface area contributed by atoms with Crippen LogP contribution in [0.1, 0.15) is 15.9 Å². The van der Waals surface area contributed by atoms with E-state index >= 15 is 0 Å². The van der Waals surface area contributed by atoms with E-state index in [0.29, 0.717) is 28.5 Å². The maximum atomic E-state index is 12.4. The SMILES string of the molecule is COc1cc(C)c(NC(=O)c2ccc(OCC(N)=O)cc2)cc1OC. The average Bonchev–Trinajstić information content (AvgIpc) is 2.61. The third kappa shape index (κ3) is 4.63. The molecule has 0 heterocycles. The molecule has 0 saturated carbocycles. The molecule has 0 bridgehead atoms. The zero-order valence-electron chi connectivity index (χ0n) is 14.3. The van der Waals surface area contributed by atoms with Crippen LogP contribution >= 0.6 is 0 Å². The largest absolute Gasteiger partial charge is 0.493 e. The van der Waals surface area contributed by atoms with Crippen LogP contribution in [0.4, 0.5) is 5.69 Å². The lowest BCUT2D eigenvalue weighted by molar-refractivity contribution is -0.119. The fourth-order valence-corrected chi connectivity index (χ4v) is 2.17. The summed E-state index contributed by atoms with van der Waals surface area (Å²) >= 11 is 0. The van der Waals surface area contributed by atoms with Gasteiger partial charge in [0.25, 0.3) is 11.8 Å². The van der Waals surface area contributed by atoms with Crippen molar-refractivity contribution in [1.29, 1.82) is 0 Å². The molecule has 0 aliphatic rings. The number of benzene rings is 2. The van der Waals surface area contributed by atoms with Gasteiger partial charge in [-0.1, -0.05) is 0 Å². The van der Waals surface area contributed by atoms with Crippen LogP contribution in [0.15, 0.2) is 36.4 Å². The number of hydrogen-bond donors (Lipinski definition) is 2. The second kappa shape index (κ2) is 8.05. The van der Waals surface area contributed by atoms with E-state index < -0.39 is 5.91 Å². The van der Waals surface area contributed by atoms with Crippen molar-refractivity contribution in [2.75, 3.05) is 26.1 Å². The highest BCUT2D eigenvalue weighted by Gasteiger charge is 2.12. The summed E-state index contributed by atoms with van der Waals surface area (Å²) in [6, 6.07) is 9.88. The minimum atomic E-state index is -0.564. The van der Waals surface area contributed by atoms with Crippen molar-refractivity contribution in [2.45, 2.75) is 6.92 Å². The Kier molecular flexibility index (Phi) is 5.84. The zero-order chi connectivity index (χ0) is 18.4. The Hall–Kier alpha value is -3.22. The molecular weight excluding hydrogens is 324 g/mol. The van der Waals surface area contributed by atoms with Crippen LogP contribution in [0.5, 0.6) is 17.2 Å². The number of primary amides is 1. The number of anilines is 1. The second-order valence-electron chi connectivity index (χ2n) is 5.26. The highest BCUT2D eigenvalue weighted by molar-refractivity contribution is 6.04. The Morgan fingerprint density at radius 1 is 1.04 bits per heavy atom. The molecule has 0 radical (unpaired) electrons. The van der Waals surface area contributed by atoms with E-state index in [-0.39, 0.29) is 12.5 Å². The van der Waals surface area contributed by atoms with E-state index in [2.05, 4.69) is 5.32 Å². The average molecular weight is 344 g/mol. The first-order valence-corrected chi connectivity index (χ1v) is 7.49. The van der Waals surface area contributed by atoms with Gasteiger partial charge in [-0.25, -0.2) is 0 Å². The molecule has 132 valence electrons. The number of carbonyl (C=O) groups is 2. The van der Waals surface area contributed by atoms with Crippen LogP contribution in [0.25, 0.3) is 0 Å². The molecule has 3 N–H and O–H groups in total. The number of rotatable bonds is 7. The molecule has 25 heavy (non-hydrogen) atoms. The number of amides is 2. The highest BCUT2D eigenvalue weighted by atomic mass is 16.5. The molecule has 0 saturated heterocycles. The van der Waals surface area contributed by atoms with Crippen LogP contribution in [0.3, 0.4) is 0 Å². The first-order valence-electron chi connectivity index (χ1n) is 7.49. The van der Waals surface area contributed by atoms with Gasteiger partial charge in [0.15, 0.2) is 18.1 Å². The molecular formula is C18H20N2O5. The van der Waals surface area contributed by atoms with Gasteiger partial charge in [0.1, 0.15) is 5.75 Å². The molecule has 7 heteroatoms. The molecule has 2 amide bonds. The quantitative estimate of drug-likeness (QED) is 0.801. The summed E-state index contributed by atoms with van der Waals surface area (Å²) < 4.78 is 15.6. The van der Waals surface area contributed by atoms with E-state index in [1.807, 2.05) is 6.92 Å². The van der Waals surface area contributed by atoms with Crippen molar-refractivity contribution >= 4 is 17.5 Å². The summed E-state index contributed by atoms with van der Waals surface area (Å²) in [5.74, 6) is 0.729. The van der Waals surface area contributed by atoms with Gasteiger partial charge in [0.05, 0.1) is 14.2 Å². The predicted molar refractivity (Wildman–Crippen MR) is 93.4 cm³/mol. The molecule has 2 aromatic rings. The van der Waals surface area contributed by atoms with Crippen LogP contribution in [-0.2, 0) is 4.79 Å². The molecule has 0 spiro atoms. The summed E-state index contributed by atoms with van der Waals surface area (Å²) in [6.07, 6.45) is 0. The van der Waals surface area contributed by atoms with Crippen molar-refractivity contribution < 1.29 is 23.8 Å². The maximum absolute atomic E-state index is 12.4. The third-order valence-electron chi connectivity index (χ3n) is 3.48. The molecule has 0 unspecified atom stereocenters. The van der Waals surface area contributed by atoms with E-state index in [1.54, 1.807) is 43.5 Å². The third-order valence-corrected chi connectivity index (χ3v) is 3.48. The number of aryl methyl sites for hydroxylation is 1. The smallest absolute Gasteiger partial charge is 0.255 e. The van der Waals surface area contributed by atoms with Gasteiger partial charge in [-0.3, -0.25) is 9.59 Å². The Labute approximate surface area is 145 Å². The van der Waals surface area contributed by atoms with Gasteiger partial charge < -0.3 is 25.3 Å². The van der Waals surface area contributed by atoms with Crippen molar-refractivity contribution in [3.8, 4) is 17.2 Å². The molecule has 0 aromatic heterocycles. The Bertz CT molecular complexity index is 772. The zero-order valence-corrected chi connectivity index (χ0v) is 14.3.